The van der Waals surface area contributed by atoms with E-state index in [0.29, 0.717) is 5.56 Å². The lowest BCUT2D eigenvalue weighted by atomic mass is 9.62. The SMILES string of the molecule is CCOC(=O)C1(C(=O)OCC)[C@H](c2ccc(C(=O)OC)cc2)[C@@H](C(=O)c2ccccc2)N1C(=O)c1ccccc1. The number of amides is 1. The standard InChI is InChI=1S/C31H29NO8/c1-4-39-29(36)31(30(37)40-5-2)24(20-16-18-23(19-17-20)28(35)38-3)25(26(33)21-12-8-6-9-13-21)32(31)27(34)22-14-10-7-11-15-22/h6-19,24-25H,4-5H2,1-3H3/t24-,25+/m1/s1. The molecule has 0 saturated carbocycles. The summed E-state index contributed by atoms with van der Waals surface area (Å²) in [7, 11) is 1.25. The Labute approximate surface area is 231 Å². The molecule has 1 saturated heterocycles. The largest absolute Gasteiger partial charge is 0.465 e. The third-order valence-electron chi connectivity index (χ3n) is 6.85. The van der Waals surface area contributed by atoms with Crippen molar-refractivity contribution in [2.24, 2.45) is 0 Å². The molecule has 0 spiro atoms. The first-order valence-electron chi connectivity index (χ1n) is 12.8. The van der Waals surface area contributed by atoms with Gasteiger partial charge in [-0.1, -0.05) is 60.7 Å². The van der Waals surface area contributed by atoms with Gasteiger partial charge in [-0.3, -0.25) is 9.59 Å². The van der Waals surface area contributed by atoms with Crippen LogP contribution in [0.25, 0.3) is 0 Å². The maximum absolute atomic E-state index is 14.1. The van der Waals surface area contributed by atoms with Gasteiger partial charge in [0.05, 0.1) is 31.8 Å². The van der Waals surface area contributed by atoms with E-state index in [2.05, 4.69) is 0 Å². The molecule has 0 bridgehead atoms. The first kappa shape index (κ1) is 28.2. The summed E-state index contributed by atoms with van der Waals surface area (Å²) < 4.78 is 15.5. The summed E-state index contributed by atoms with van der Waals surface area (Å²) in [6.07, 6.45) is 0. The second-order valence-electron chi connectivity index (χ2n) is 9.01. The van der Waals surface area contributed by atoms with Crippen LogP contribution in [0.4, 0.5) is 0 Å². The van der Waals surface area contributed by atoms with E-state index in [1.807, 2.05) is 0 Å². The van der Waals surface area contributed by atoms with Crippen molar-refractivity contribution < 1.29 is 38.2 Å². The first-order valence-corrected chi connectivity index (χ1v) is 12.8. The van der Waals surface area contributed by atoms with Crippen LogP contribution in [0, 0.1) is 0 Å². The van der Waals surface area contributed by atoms with Crippen molar-refractivity contribution >= 4 is 29.6 Å². The first-order chi connectivity index (χ1) is 19.3. The molecule has 1 heterocycles. The molecule has 0 aliphatic carbocycles. The summed E-state index contributed by atoms with van der Waals surface area (Å²) in [5, 5.41) is 0. The van der Waals surface area contributed by atoms with Gasteiger partial charge in [0.2, 0.25) is 5.54 Å². The molecule has 40 heavy (non-hydrogen) atoms. The zero-order chi connectivity index (χ0) is 28.9. The van der Waals surface area contributed by atoms with Crippen molar-refractivity contribution in [3.8, 4) is 0 Å². The van der Waals surface area contributed by atoms with Gasteiger partial charge in [-0.25, -0.2) is 14.4 Å². The van der Waals surface area contributed by atoms with Gasteiger partial charge in [0.1, 0.15) is 6.04 Å². The van der Waals surface area contributed by atoms with Crippen molar-refractivity contribution in [2.45, 2.75) is 31.3 Å². The molecular formula is C31H29NO8. The highest BCUT2D eigenvalue weighted by molar-refractivity contribution is 6.18. The fraction of sp³-hybridized carbons (Fsp3) is 0.258. The predicted molar refractivity (Wildman–Crippen MR) is 144 cm³/mol. The van der Waals surface area contributed by atoms with E-state index in [9.17, 15) is 24.0 Å². The van der Waals surface area contributed by atoms with Crippen LogP contribution in [0.1, 0.15) is 56.4 Å². The molecule has 1 fully saturated rings. The monoisotopic (exact) mass is 543 g/mol. The lowest BCUT2D eigenvalue weighted by Crippen LogP contribution is -2.82. The van der Waals surface area contributed by atoms with Crippen LogP contribution in [0.2, 0.25) is 0 Å². The quantitative estimate of drug-likeness (QED) is 0.173. The van der Waals surface area contributed by atoms with Crippen molar-refractivity contribution in [1.29, 1.82) is 0 Å². The number of hydrogen-bond acceptors (Lipinski definition) is 8. The zero-order valence-corrected chi connectivity index (χ0v) is 22.4. The van der Waals surface area contributed by atoms with Gasteiger partial charge in [-0.05, 0) is 43.7 Å². The van der Waals surface area contributed by atoms with Crippen molar-refractivity contribution in [3.05, 3.63) is 107 Å². The minimum atomic E-state index is -2.30. The summed E-state index contributed by atoms with van der Waals surface area (Å²) in [6, 6.07) is 21.1. The predicted octanol–water partition coefficient (Wildman–Crippen LogP) is 3.83. The molecule has 0 unspecified atom stereocenters. The lowest BCUT2D eigenvalue weighted by Gasteiger charge is -2.59. The van der Waals surface area contributed by atoms with Gasteiger partial charge >= 0.3 is 17.9 Å². The Bertz CT molecular complexity index is 1380. The second kappa shape index (κ2) is 11.9. The minimum Gasteiger partial charge on any atom is -0.465 e. The fourth-order valence-electron chi connectivity index (χ4n) is 5.10. The van der Waals surface area contributed by atoms with Gasteiger partial charge in [0.15, 0.2) is 5.78 Å². The topological polar surface area (TPSA) is 116 Å². The molecular weight excluding hydrogens is 514 g/mol. The fourth-order valence-corrected chi connectivity index (χ4v) is 5.10. The van der Waals surface area contributed by atoms with E-state index in [0.717, 1.165) is 4.90 Å². The highest BCUT2D eigenvalue weighted by atomic mass is 16.6. The molecule has 3 aromatic rings. The van der Waals surface area contributed by atoms with Crippen LogP contribution in [0.3, 0.4) is 0 Å². The second-order valence-corrected chi connectivity index (χ2v) is 9.01. The third-order valence-corrected chi connectivity index (χ3v) is 6.85. The van der Waals surface area contributed by atoms with Crippen LogP contribution >= 0.6 is 0 Å². The average molecular weight is 544 g/mol. The van der Waals surface area contributed by atoms with Crippen molar-refractivity contribution in [3.63, 3.8) is 0 Å². The van der Waals surface area contributed by atoms with Crippen LogP contribution in [-0.4, -0.2) is 66.4 Å². The molecule has 206 valence electrons. The Morgan fingerprint density at radius 3 is 1.68 bits per heavy atom. The Hall–Kier alpha value is -4.79. The number of methoxy groups -OCH3 is 1. The van der Waals surface area contributed by atoms with Crippen molar-refractivity contribution in [1.82, 2.24) is 4.90 Å². The number of carbonyl (C=O) groups is 5. The van der Waals surface area contributed by atoms with E-state index < -0.39 is 47.1 Å². The van der Waals surface area contributed by atoms with Gasteiger partial charge in [-0.2, -0.15) is 0 Å². The molecule has 9 heteroatoms. The van der Waals surface area contributed by atoms with Gasteiger partial charge in [0.25, 0.3) is 5.91 Å². The molecule has 4 rings (SSSR count). The van der Waals surface area contributed by atoms with Crippen LogP contribution in [0.5, 0.6) is 0 Å². The maximum Gasteiger partial charge on any atom is 0.344 e. The Morgan fingerprint density at radius 1 is 0.700 bits per heavy atom. The average Bonchev–Trinajstić information content (AvgIpc) is 2.97. The normalized spacial score (nSPS) is 17.2. The summed E-state index contributed by atoms with van der Waals surface area (Å²) in [4.78, 5) is 68.8. The van der Waals surface area contributed by atoms with E-state index >= 15 is 0 Å². The Balaban J connectivity index is 1.98. The Morgan fingerprint density at radius 2 is 1.20 bits per heavy atom. The number of benzene rings is 3. The lowest BCUT2D eigenvalue weighted by molar-refractivity contribution is -0.189. The van der Waals surface area contributed by atoms with Crippen LogP contribution < -0.4 is 0 Å². The molecule has 1 amide bonds. The van der Waals surface area contributed by atoms with Gasteiger partial charge in [-0.15, -0.1) is 0 Å². The minimum absolute atomic E-state index is 0.0847. The molecule has 0 N–H and O–H groups in total. The summed E-state index contributed by atoms with van der Waals surface area (Å²) in [5.41, 5.74) is -1.26. The number of likely N-dealkylation sites (tertiary alicyclic amines) is 1. The maximum atomic E-state index is 14.1. The van der Waals surface area contributed by atoms with Crippen molar-refractivity contribution in [2.75, 3.05) is 20.3 Å². The van der Waals surface area contributed by atoms with E-state index in [4.69, 9.17) is 14.2 Å². The number of ether oxygens (including phenoxy) is 3. The van der Waals surface area contributed by atoms with Crippen LogP contribution in [-0.2, 0) is 23.8 Å². The van der Waals surface area contributed by atoms with Gasteiger partial charge < -0.3 is 19.1 Å². The zero-order valence-electron chi connectivity index (χ0n) is 22.4. The van der Waals surface area contributed by atoms with E-state index in [1.165, 1.54) is 43.5 Å². The molecule has 0 aromatic heterocycles. The number of Topliss-reactive ketones (excluding diaryl/α,β-unsaturated/α-hetero) is 1. The number of esters is 3. The molecule has 3 aromatic carbocycles. The number of carbonyl (C=O) groups excluding carboxylic acids is 5. The molecule has 1 aliphatic heterocycles. The molecule has 9 nitrogen and oxygen atoms in total. The van der Waals surface area contributed by atoms with Crippen LogP contribution in [0.15, 0.2) is 84.9 Å². The summed E-state index contributed by atoms with van der Waals surface area (Å²) in [6.45, 7) is 2.98. The van der Waals surface area contributed by atoms with Gasteiger partial charge in [0, 0.05) is 11.1 Å². The third kappa shape index (κ3) is 4.75. The number of ketones is 1. The molecule has 2 atom stereocenters. The smallest absolute Gasteiger partial charge is 0.344 e. The summed E-state index contributed by atoms with van der Waals surface area (Å²) >= 11 is 0. The highest BCUT2D eigenvalue weighted by Gasteiger charge is 2.75. The van der Waals surface area contributed by atoms with E-state index in [1.54, 1.807) is 62.4 Å². The molecule has 1 aliphatic rings. The summed E-state index contributed by atoms with van der Waals surface area (Å²) in [5.74, 6) is -4.99. The number of rotatable bonds is 9. The number of nitrogens with zero attached hydrogens (tertiary/aromatic N) is 1. The highest BCUT2D eigenvalue weighted by Crippen LogP contribution is 2.52. The molecule has 0 radical (unpaired) electrons. The number of hydrogen-bond donors (Lipinski definition) is 0. The Kier molecular flexibility index (Phi) is 8.43. The van der Waals surface area contributed by atoms with E-state index in [-0.39, 0.29) is 29.9 Å².